The first kappa shape index (κ1) is 20.8. The molecule has 0 unspecified atom stereocenters. The Labute approximate surface area is 192 Å². The third-order valence-corrected chi connectivity index (χ3v) is 5.69. The van der Waals surface area contributed by atoms with E-state index in [-0.39, 0.29) is 5.91 Å². The summed E-state index contributed by atoms with van der Waals surface area (Å²) in [5.74, 6) is -0.143. The minimum absolute atomic E-state index is 0.143. The maximum absolute atomic E-state index is 12.2. The number of anilines is 1. The van der Waals surface area contributed by atoms with Crippen LogP contribution in [0.5, 0.6) is 0 Å². The predicted molar refractivity (Wildman–Crippen MR) is 134 cm³/mol. The van der Waals surface area contributed by atoms with Gasteiger partial charge in [0.05, 0.1) is 5.69 Å². The number of aromatic nitrogens is 3. The summed E-state index contributed by atoms with van der Waals surface area (Å²) in [6.45, 7) is 0.717. The zero-order valence-electron chi connectivity index (χ0n) is 18.7. The van der Waals surface area contributed by atoms with Gasteiger partial charge in [0.2, 0.25) is 5.91 Å². The molecule has 6 nitrogen and oxygen atoms in total. The third-order valence-electron chi connectivity index (χ3n) is 5.69. The summed E-state index contributed by atoms with van der Waals surface area (Å²) in [6, 6.07) is 12.0. The highest BCUT2D eigenvalue weighted by molar-refractivity contribution is 6.00. The topological polar surface area (TPSA) is 73.9 Å². The molecule has 4 aromatic rings. The molecule has 1 amide bonds. The lowest BCUT2D eigenvalue weighted by atomic mass is 9.99. The molecule has 1 aliphatic carbocycles. The number of benzene rings is 1. The maximum Gasteiger partial charge on any atom is 0.248 e. The average molecular weight is 436 g/mol. The number of carbonyl (C=O) groups is 1. The van der Waals surface area contributed by atoms with E-state index < -0.39 is 0 Å². The number of hydrogen-bond acceptors (Lipinski definition) is 4. The number of fused-ring (bicyclic) bond motifs is 2. The van der Waals surface area contributed by atoms with E-state index in [0.717, 1.165) is 51.1 Å². The predicted octanol–water partition coefficient (Wildman–Crippen LogP) is 4.92. The van der Waals surface area contributed by atoms with Gasteiger partial charge in [-0.15, -0.1) is 0 Å². The molecule has 0 aliphatic heterocycles. The van der Waals surface area contributed by atoms with Crippen molar-refractivity contribution < 1.29 is 4.79 Å². The number of allylic oxidation sites excluding steroid dienone is 1. The number of amides is 1. The molecule has 0 atom stereocenters. The van der Waals surface area contributed by atoms with E-state index in [1.807, 2.05) is 67.9 Å². The monoisotopic (exact) mass is 435 g/mol. The maximum atomic E-state index is 12.2. The molecule has 0 saturated carbocycles. The zero-order chi connectivity index (χ0) is 22.8. The molecule has 0 spiro atoms. The van der Waals surface area contributed by atoms with Crippen molar-refractivity contribution >= 4 is 28.7 Å². The van der Waals surface area contributed by atoms with Crippen LogP contribution in [0.2, 0.25) is 0 Å². The fourth-order valence-electron chi connectivity index (χ4n) is 4.10. The Balaban J connectivity index is 1.46. The van der Waals surface area contributed by atoms with Crippen molar-refractivity contribution in [1.82, 2.24) is 19.9 Å². The Morgan fingerprint density at radius 1 is 1.15 bits per heavy atom. The van der Waals surface area contributed by atoms with E-state index in [2.05, 4.69) is 44.6 Å². The lowest BCUT2D eigenvalue weighted by molar-refractivity contribution is -0.111. The van der Waals surface area contributed by atoms with Crippen molar-refractivity contribution in [2.24, 2.45) is 0 Å². The summed E-state index contributed by atoms with van der Waals surface area (Å²) >= 11 is 0. The molecule has 3 heterocycles. The first-order chi connectivity index (χ1) is 16.1. The first-order valence-electron chi connectivity index (χ1n) is 10.9. The number of carbonyl (C=O) groups excluding carboxylic acids is 1. The van der Waals surface area contributed by atoms with E-state index in [1.165, 1.54) is 5.56 Å². The van der Waals surface area contributed by atoms with Gasteiger partial charge in [-0.2, -0.15) is 0 Å². The number of nitrogens with one attached hydrogen (secondary N) is 2. The van der Waals surface area contributed by atoms with Gasteiger partial charge < -0.3 is 15.2 Å². The highest BCUT2D eigenvalue weighted by Gasteiger charge is 2.16. The molecule has 0 saturated heterocycles. The van der Waals surface area contributed by atoms with Crippen LogP contribution in [0.25, 0.3) is 39.4 Å². The van der Waals surface area contributed by atoms with Crippen molar-refractivity contribution in [1.29, 1.82) is 0 Å². The van der Waals surface area contributed by atoms with Crippen LogP contribution in [-0.4, -0.2) is 46.4 Å². The molecule has 0 fully saturated rings. The number of hydrogen-bond donors (Lipinski definition) is 2. The Morgan fingerprint density at radius 2 is 2.06 bits per heavy atom. The second kappa shape index (κ2) is 8.84. The van der Waals surface area contributed by atoms with Gasteiger partial charge in [-0.25, -0.2) is 4.98 Å². The van der Waals surface area contributed by atoms with Gasteiger partial charge >= 0.3 is 0 Å². The molecule has 1 aliphatic rings. The molecule has 0 bridgehead atoms. The number of nitrogens with zero attached hydrogens (tertiary/aromatic N) is 3. The highest BCUT2D eigenvalue weighted by Crippen LogP contribution is 2.35. The van der Waals surface area contributed by atoms with E-state index in [4.69, 9.17) is 0 Å². The number of pyridine rings is 2. The number of H-pyrrole nitrogens is 1. The van der Waals surface area contributed by atoms with Crippen LogP contribution in [0, 0.1) is 0 Å². The van der Waals surface area contributed by atoms with Crippen LogP contribution in [0.1, 0.15) is 11.3 Å². The summed E-state index contributed by atoms with van der Waals surface area (Å²) in [6.07, 6.45) is 14.3. The van der Waals surface area contributed by atoms with Gasteiger partial charge in [0.1, 0.15) is 5.65 Å². The lowest BCUT2D eigenvalue weighted by Crippen LogP contribution is -2.12. The van der Waals surface area contributed by atoms with Crippen LogP contribution >= 0.6 is 0 Å². The Morgan fingerprint density at radius 3 is 2.94 bits per heavy atom. The fraction of sp³-hybridized carbons (Fsp3) is 0.148. The van der Waals surface area contributed by atoms with Crippen LogP contribution in [0.15, 0.2) is 73.2 Å². The number of aromatic amines is 1. The lowest BCUT2D eigenvalue weighted by Gasteiger charge is -2.08. The fourth-order valence-corrected chi connectivity index (χ4v) is 4.10. The average Bonchev–Trinajstić information content (AvgIpc) is 3.45. The molecule has 33 heavy (non-hydrogen) atoms. The van der Waals surface area contributed by atoms with Gasteiger partial charge in [0.25, 0.3) is 0 Å². The normalized spacial score (nSPS) is 12.7. The molecular formula is C27H25N5O. The molecule has 3 aromatic heterocycles. The van der Waals surface area contributed by atoms with E-state index in [0.29, 0.717) is 6.54 Å². The van der Waals surface area contributed by atoms with E-state index >= 15 is 0 Å². The molecule has 1 aromatic carbocycles. The smallest absolute Gasteiger partial charge is 0.248 e. The van der Waals surface area contributed by atoms with Gasteiger partial charge in [0, 0.05) is 65.4 Å². The summed E-state index contributed by atoms with van der Waals surface area (Å²) in [4.78, 5) is 26.7. The van der Waals surface area contributed by atoms with Crippen LogP contribution in [-0.2, 0) is 11.2 Å². The summed E-state index contributed by atoms with van der Waals surface area (Å²) in [5.41, 5.74) is 8.12. The number of likely N-dealkylation sites (N-methyl/N-ethyl adjacent to an activating group) is 1. The Bertz CT molecular complexity index is 1400. The van der Waals surface area contributed by atoms with Crippen molar-refractivity contribution in [3.05, 3.63) is 84.5 Å². The van der Waals surface area contributed by atoms with Crippen molar-refractivity contribution in [2.45, 2.75) is 6.42 Å². The van der Waals surface area contributed by atoms with Gasteiger partial charge in [-0.1, -0.05) is 30.4 Å². The number of rotatable bonds is 6. The quantitative estimate of drug-likeness (QED) is 0.422. The standard InChI is InChI=1S/C27H25N5O/c1-32(2)13-5-10-26(33)31-20-7-3-6-18(14-20)19-15-23-24(17-30-27(23)29-16-19)21-11-12-28-25-9-4-8-22(21)25/h3-8,10-12,14-17H,9,13H2,1-2H3,(H,29,30)(H,31,33)/b10-5+. The SMILES string of the molecule is CN(C)C/C=C/C(=O)Nc1cccc(-c2cnc3[nH]cc(-c4ccnc5c4C=CC5)c3c2)c1. The zero-order valence-corrected chi connectivity index (χ0v) is 18.7. The van der Waals surface area contributed by atoms with Gasteiger partial charge in [-0.3, -0.25) is 9.78 Å². The third kappa shape index (κ3) is 4.33. The van der Waals surface area contributed by atoms with Crippen LogP contribution in [0.4, 0.5) is 5.69 Å². The molecule has 164 valence electrons. The second-order valence-corrected chi connectivity index (χ2v) is 8.38. The summed E-state index contributed by atoms with van der Waals surface area (Å²) in [7, 11) is 3.93. The van der Waals surface area contributed by atoms with Crippen molar-refractivity contribution in [2.75, 3.05) is 26.0 Å². The highest BCUT2D eigenvalue weighted by atomic mass is 16.1. The largest absolute Gasteiger partial charge is 0.346 e. The van der Waals surface area contributed by atoms with Crippen LogP contribution in [0.3, 0.4) is 0 Å². The molecule has 2 N–H and O–H groups in total. The van der Waals surface area contributed by atoms with Gasteiger partial charge in [-0.05, 0) is 49.5 Å². The Kier molecular flexibility index (Phi) is 5.59. The molecule has 5 rings (SSSR count). The van der Waals surface area contributed by atoms with E-state index in [9.17, 15) is 4.79 Å². The second-order valence-electron chi connectivity index (χ2n) is 8.38. The minimum atomic E-state index is -0.143. The van der Waals surface area contributed by atoms with Gasteiger partial charge in [0.15, 0.2) is 0 Å². The summed E-state index contributed by atoms with van der Waals surface area (Å²) in [5, 5.41) is 4.00. The molecule has 0 radical (unpaired) electrons. The molecular weight excluding hydrogens is 410 g/mol. The van der Waals surface area contributed by atoms with Crippen LogP contribution < -0.4 is 5.32 Å². The molecule has 6 heteroatoms. The van der Waals surface area contributed by atoms with Crippen molar-refractivity contribution in [3.63, 3.8) is 0 Å². The van der Waals surface area contributed by atoms with E-state index in [1.54, 1.807) is 6.08 Å². The minimum Gasteiger partial charge on any atom is -0.346 e. The first-order valence-corrected chi connectivity index (χ1v) is 10.9. The summed E-state index contributed by atoms with van der Waals surface area (Å²) < 4.78 is 0. The Hall–Kier alpha value is -4.03. The van der Waals surface area contributed by atoms with Crippen molar-refractivity contribution in [3.8, 4) is 22.3 Å².